The Morgan fingerprint density at radius 3 is 2.38 bits per heavy atom. The molecular formula is C18H25N5O. The normalized spacial score (nSPS) is 17.7. The standard InChI is InChI=1S/C18H25N5O/c1-2-23-17-15(14(12-19)22-23)18(24)21-16(20-17)13-10-8-6-4-3-5-7-9-11-13/h13H,2-11H2,1H3,(H,20,21,24). The summed E-state index contributed by atoms with van der Waals surface area (Å²) in [4.78, 5) is 20.2. The average Bonchev–Trinajstić information content (AvgIpc) is 2.98. The fourth-order valence-corrected chi connectivity index (χ4v) is 3.67. The van der Waals surface area contributed by atoms with Crippen LogP contribution in [0, 0.1) is 11.3 Å². The third-order valence-corrected chi connectivity index (χ3v) is 5.02. The Morgan fingerprint density at radius 1 is 1.17 bits per heavy atom. The van der Waals surface area contributed by atoms with E-state index in [9.17, 15) is 10.1 Å². The minimum absolute atomic E-state index is 0.165. The highest BCUT2D eigenvalue weighted by Crippen LogP contribution is 2.28. The van der Waals surface area contributed by atoms with E-state index in [0.29, 0.717) is 23.5 Å². The maximum absolute atomic E-state index is 12.5. The van der Waals surface area contributed by atoms with Crippen LogP contribution in [-0.4, -0.2) is 19.7 Å². The summed E-state index contributed by atoms with van der Waals surface area (Å²) in [6.07, 6.45) is 11.0. The van der Waals surface area contributed by atoms with Crippen LogP contribution in [0.2, 0.25) is 0 Å². The molecule has 2 aromatic rings. The van der Waals surface area contributed by atoms with Gasteiger partial charge in [-0.15, -0.1) is 0 Å². The van der Waals surface area contributed by atoms with Crippen LogP contribution in [0.25, 0.3) is 11.0 Å². The number of hydrogen-bond donors (Lipinski definition) is 1. The van der Waals surface area contributed by atoms with E-state index in [1.807, 2.05) is 13.0 Å². The molecule has 24 heavy (non-hydrogen) atoms. The predicted molar refractivity (Wildman–Crippen MR) is 92.8 cm³/mol. The molecule has 2 aromatic heterocycles. The molecule has 0 atom stereocenters. The number of aryl methyl sites for hydroxylation is 1. The highest BCUT2D eigenvalue weighted by molar-refractivity contribution is 5.79. The molecule has 2 heterocycles. The molecule has 0 bridgehead atoms. The zero-order valence-corrected chi connectivity index (χ0v) is 14.3. The molecule has 6 nitrogen and oxygen atoms in total. The number of nitriles is 1. The van der Waals surface area contributed by atoms with Gasteiger partial charge in [-0.1, -0.05) is 44.9 Å². The Labute approximate surface area is 141 Å². The second-order valence-corrected chi connectivity index (χ2v) is 6.68. The Bertz CT molecular complexity index is 788. The Kier molecular flexibility index (Phi) is 5.29. The summed E-state index contributed by atoms with van der Waals surface area (Å²) in [5.74, 6) is 1.07. The first-order valence-electron chi connectivity index (χ1n) is 9.15. The molecule has 1 saturated carbocycles. The number of rotatable bonds is 2. The lowest BCUT2D eigenvalue weighted by molar-refractivity contribution is 0.450. The highest BCUT2D eigenvalue weighted by Gasteiger charge is 2.20. The fraction of sp³-hybridized carbons (Fsp3) is 0.667. The first-order chi connectivity index (χ1) is 11.7. The number of nitrogens with zero attached hydrogens (tertiary/aromatic N) is 4. The van der Waals surface area contributed by atoms with Gasteiger partial charge in [0.25, 0.3) is 5.56 Å². The number of aromatic amines is 1. The lowest BCUT2D eigenvalue weighted by atomic mass is 9.91. The van der Waals surface area contributed by atoms with Gasteiger partial charge in [0.05, 0.1) is 0 Å². The third kappa shape index (κ3) is 3.35. The number of fused-ring (bicyclic) bond motifs is 1. The minimum atomic E-state index is -0.233. The van der Waals surface area contributed by atoms with Crippen LogP contribution in [0.4, 0.5) is 0 Å². The molecule has 0 saturated heterocycles. The highest BCUT2D eigenvalue weighted by atomic mass is 16.1. The second kappa shape index (κ2) is 7.61. The topological polar surface area (TPSA) is 87.4 Å². The van der Waals surface area contributed by atoms with Gasteiger partial charge in [-0.05, 0) is 19.8 Å². The van der Waals surface area contributed by atoms with Crippen molar-refractivity contribution in [2.75, 3.05) is 0 Å². The summed E-state index contributed by atoms with van der Waals surface area (Å²) in [5, 5.41) is 13.7. The molecule has 6 heteroatoms. The molecule has 0 aromatic carbocycles. The average molecular weight is 327 g/mol. The van der Waals surface area contributed by atoms with Crippen LogP contribution in [0.5, 0.6) is 0 Å². The van der Waals surface area contributed by atoms with E-state index in [2.05, 4.69) is 10.1 Å². The van der Waals surface area contributed by atoms with Crippen LogP contribution in [0.15, 0.2) is 4.79 Å². The van der Waals surface area contributed by atoms with Crippen molar-refractivity contribution in [3.05, 3.63) is 21.9 Å². The van der Waals surface area contributed by atoms with Gasteiger partial charge in [0.2, 0.25) is 0 Å². The van der Waals surface area contributed by atoms with Crippen LogP contribution < -0.4 is 5.56 Å². The molecule has 1 N–H and O–H groups in total. The first-order valence-corrected chi connectivity index (χ1v) is 9.15. The minimum Gasteiger partial charge on any atom is -0.310 e. The van der Waals surface area contributed by atoms with Crippen molar-refractivity contribution < 1.29 is 0 Å². The van der Waals surface area contributed by atoms with E-state index < -0.39 is 0 Å². The van der Waals surface area contributed by atoms with E-state index >= 15 is 0 Å². The third-order valence-electron chi connectivity index (χ3n) is 5.02. The summed E-state index contributed by atoms with van der Waals surface area (Å²) < 4.78 is 1.66. The first kappa shape index (κ1) is 16.7. The zero-order chi connectivity index (χ0) is 16.9. The van der Waals surface area contributed by atoms with Crippen molar-refractivity contribution in [1.29, 1.82) is 5.26 Å². The molecule has 1 fully saturated rings. The van der Waals surface area contributed by atoms with E-state index in [-0.39, 0.29) is 11.3 Å². The van der Waals surface area contributed by atoms with Gasteiger partial charge in [-0.3, -0.25) is 4.79 Å². The van der Waals surface area contributed by atoms with Gasteiger partial charge in [0.1, 0.15) is 17.3 Å². The van der Waals surface area contributed by atoms with Crippen molar-refractivity contribution in [2.24, 2.45) is 0 Å². The number of hydrogen-bond acceptors (Lipinski definition) is 4. The predicted octanol–water partition coefficient (Wildman–Crippen LogP) is 3.62. The summed E-state index contributed by atoms with van der Waals surface area (Å²) >= 11 is 0. The van der Waals surface area contributed by atoms with Crippen LogP contribution in [0.3, 0.4) is 0 Å². The Balaban J connectivity index is 1.99. The summed E-state index contributed by atoms with van der Waals surface area (Å²) in [7, 11) is 0. The number of aromatic nitrogens is 4. The van der Waals surface area contributed by atoms with Crippen molar-refractivity contribution in [2.45, 2.75) is 77.2 Å². The van der Waals surface area contributed by atoms with Crippen LogP contribution in [-0.2, 0) is 6.54 Å². The number of H-pyrrole nitrogens is 1. The van der Waals surface area contributed by atoms with Gasteiger partial charge >= 0.3 is 0 Å². The summed E-state index contributed by atoms with van der Waals surface area (Å²) in [6.45, 7) is 2.54. The molecular weight excluding hydrogens is 302 g/mol. The Morgan fingerprint density at radius 2 is 1.79 bits per heavy atom. The molecule has 128 valence electrons. The molecule has 0 radical (unpaired) electrons. The monoisotopic (exact) mass is 327 g/mol. The molecule has 0 unspecified atom stereocenters. The molecule has 3 rings (SSSR count). The smallest absolute Gasteiger partial charge is 0.263 e. The molecule has 1 aliphatic rings. The maximum Gasteiger partial charge on any atom is 0.263 e. The van der Waals surface area contributed by atoms with E-state index in [4.69, 9.17) is 4.98 Å². The molecule has 0 amide bonds. The van der Waals surface area contributed by atoms with E-state index in [0.717, 1.165) is 18.7 Å². The lowest BCUT2D eigenvalue weighted by Gasteiger charge is -2.17. The molecule has 0 spiro atoms. The van der Waals surface area contributed by atoms with E-state index in [1.54, 1.807) is 4.68 Å². The fourth-order valence-electron chi connectivity index (χ4n) is 3.67. The van der Waals surface area contributed by atoms with Crippen LogP contribution in [0.1, 0.15) is 82.1 Å². The number of nitrogens with one attached hydrogen (secondary N) is 1. The summed E-state index contributed by atoms with van der Waals surface area (Å²) in [5.41, 5.74) is 0.478. The largest absolute Gasteiger partial charge is 0.310 e. The van der Waals surface area contributed by atoms with Crippen molar-refractivity contribution >= 4 is 11.0 Å². The zero-order valence-electron chi connectivity index (χ0n) is 14.3. The van der Waals surface area contributed by atoms with Crippen molar-refractivity contribution in [1.82, 2.24) is 19.7 Å². The van der Waals surface area contributed by atoms with Gasteiger partial charge in [-0.2, -0.15) is 10.4 Å². The van der Waals surface area contributed by atoms with Crippen molar-refractivity contribution in [3.63, 3.8) is 0 Å². The molecule has 0 aliphatic heterocycles. The van der Waals surface area contributed by atoms with E-state index in [1.165, 1.54) is 44.9 Å². The molecule has 1 aliphatic carbocycles. The van der Waals surface area contributed by atoms with Crippen LogP contribution >= 0.6 is 0 Å². The van der Waals surface area contributed by atoms with Crippen molar-refractivity contribution in [3.8, 4) is 6.07 Å². The SMILES string of the molecule is CCn1nc(C#N)c2c(=O)[nH]c(C3CCCCCCCCC3)nc21. The van der Waals surface area contributed by atoms with Gasteiger partial charge < -0.3 is 4.98 Å². The quantitative estimate of drug-likeness (QED) is 0.912. The Hall–Kier alpha value is -2.16. The lowest BCUT2D eigenvalue weighted by Crippen LogP contribution is -2.16. The van der Waals surface area contributed by atoms with Gasteiger partial charge in [-0.25, -0.2) is 9.67 Å². The second-order valence-electron chi connectivity index (χ2n) is 6.68. The maximum atomic E-state index is 12.5. The van der Waals surface area contributed by atoms with Gasteiger partial charge in [0.15, 0.2) is 11.3 Å². The van der Waals surface area contributed by atoms with Gasteiger partial charge in [0, 0.05) is 12.5 Å². The summed E-state index contributed by atoms with van der Waals surface area (Å²) in [6, 6.07) is 2.01.